The first-order valence-electron chi connectivity index (χ1n) is 13.2. The Bertz CT molecular complexity index is 659. The lowest BCUT2D eigenvalue weighted by Gasteiger charge is -2.45. The van der Waals surface area contributed by atoms with Crippen LogP contribution in [-0.2, 0) is 23.7 Å². The van der Waals surface area contributed by atoms with E-state index in [1.165, 1.54) is 0 Å². The number of hydrogen-bond donors (Lipinski definition) is 1. The number of rotatable bonds is 13. The molecule has 2 fully saturated rings. The van der Waals surface area contributed by atoms with Gasteiger partial charge >= 0.3 is 0 Å². The molecule has 2 rings (SSSR count). The molecule has 0 bridgehead atoms. The van der Waals surface area contributed by atoms with Gasteiger partial charge in [-0.15, -0.1) is 12.3 Å². The summed E-state index contributed by atoms with van der Waals surface area (Å²) in [6.45, 7) is 13.0. The molecule has 0 aliphatic carbocycles. The van der Waals surface area contributed by atoms with Crippen LogP contribution >= 0.6 is 0 Å². The monoisotopic (exact) mass is 496 g/mol. The highest BCUT2D eigenvalue weighted by Gasteiger charge is 2.48. The molecule has 0 aromatic heterocycles. The summed E-state index contributed by atoms with van der Waals surface area (Å²) in [5.41, 5.74) is -0.714. The molecule has 0 aromatic rings. The molecule has 0 amide bonds. The lowest BCUT2D eigenvalue weighted by Crippen LogP contribution is -2.52. The fourth-order valence-corrected chi connectivity index (χ4v) is 5.19. The topological polar surface area (TPSA) is 74.2 Å². The molecule has 0 radical (unpaired) electrons. The molecule has 3 unspecified atom stereocenters. The molecule has 2 aliphatic rings. The lowest BCUT2D eigenvalue weighted by molar-refractivity contribution is -0.289. The molecule has 6 atom stereocenters. The lowest BCUT2D eigenvalue weighted by atomic mass is 9.70. The van der Waals surface area contributed by atoms with E-state index in [2.05, 4.69) is 12.8 Å². The van der Waals surface area contributed by atoms with Gasteiger partial charge in [0.05, 0.1) is 30.3 Å². The Morgan fingerprint density at radius 3 is 2.46 bits per heavy atom. The normalized spacial score (nSPS) is 26.0. The number of ketones is 1. The second-order valence-electron chi connectivity index (χ2n) is 11.2. The smallest absolute Gasteiger partial charge is 0.163 e. The van der Waals surface area contributed by atoms with Crippen LogP contribution in [0.1, 0.15) is 107 Å². The Labute approximate surface area is 214 Å². The van der Waals surface area contributed by atoms with E-state index in [0.717, 1.165) is 38.5 Å². The minimum atomic E-state index is -0.714. The van der Waals surface area contributed by atoms with Crippen LogP contribution in [-0.4, -0.2) is 54.5 Å². The Morgan fingerprint density at radius 2 is 1.89 bits per heavy atom. The third-order valence-corrected chi connectivity index (χ3v) is 7.32. The highest BCUT2D eigenvalue weighted by atomic mass is 16.7. The van der Waals surface area contributed by atoms with Crippen LogP contribution in [0.5, 0.6) is 0 Å². The molecule has 6 nitrogen and oxygen atoms in total. The van der Waals surface area contributed by atoms with Crippen LogP contribution < -0.4 is 0 Å². The molecule has 204 valence electrons. The summed E-state index contributed by atoms with van der Waals surface area (Å²) in [6.07, 6.45) is 11.6. The van der Waals surface area contributed by atoms with E-state index in [0.29, 0.717) is 32.5 Å². The summed E-state index contributed by atoms with van der Waals surface area (Å²) in [4.78, 5) is 14.2. The van der Waals surface area contributed by atoms with E-state index in [-0.39, 0.29) is 49.6 Å². The van der Waals surface area contributed by atoms with Crippen LogP contribution in [0.15, 0.2) is 0 Å². The van der Waals surface area contributed by atoms with Crippen molar-refractivity contribution in [1.29, 1.82) is 0 Å². The predicted octanol–water partition coefficient (Wildman–Crippen LogP) is 5.89. The maximum Gasteiger partial charge on any atom is 0.163 e. The molecule has 0 aromatic carbocycles. The molecular weight excluding hydrogens is 444 g/mol. The minimum absolute atomic E-state index is 0. The van der Waals surface area contributed by atoms with E-state index in [1.807, 2.05) is 34.6 Å². The fourth-order valence-electron chi connectivity index (χ4n) is 5.19. The van der Waals surface area contributed by atoms with Gasteiger partial charge < -0.3 is 24.1 Å². The zero-order valence-corrected chi connectivity index (χ0v) is 22.3. The number of carbonyl (C=O) groups is 1. The second-order valence-corrected chi connectivity index (χ2v) is 11.2. The number of terminal acetylenes is 1. The average molecular weight is 497 g/mol. The number of carbonyl (C=O) groups excluding carboxylic acids is 1. The summed E-state index contributed by atoms with van der Waals surface area (Å²) in [7, 11) is 0. The van der Waals surface area contributed by atoms with E-state index in [1.54, 1.807) is 0 Å². The van der Waals surface area contributed by atoms with Gasteiger partial charge in [0.2, 0.25) is 0 Å². The third kappa shape index (κ3) is 9.78. The molecule has 0 spiro atoms. The van der Waals surface area contributed by atoms with Gasteiger partial charge in [0, 0.05) is 18.9 Å². The highest BCUT2D eigenvalue weighted by molar-refractivity contribution is 5.87. The molecular formula is C29H52O6. The van der Waals surface area contributed by atoms with Crippen molar-refractivity contribution in [1.82, 2.24) is 0 Å². The standard InChI is InChI=1S/C28H48O6.CH4/c1-8-9-15-22(26(30)27(4,5)23-17-19-32-28(6,7)34-23)25(20(2)13-12-14-21(3)29)33-24-16-10-11-18-31-24;/h1,20-25,29H,9-19H2,2-7H3;1H4/t20-,21?,22+,23-,24?,25?;/m0./s1. The van der Waals surface area contributed by atoms with Crippen molar-refractivity contribution >= 4 is 5.78 Å². The maximum atomic E-state index is 14.2. The first-order valence-corrected chi connectivity index (χ1v) is 13.2. The van der Waals surface area contributed by atoms with Gasteiger partial charge in [-0.3, -0.25) is 4.79 Å². The van der Waals surface area contributed by atoms with Crippen molar-refractivity contribution in [2.45, 2.75) is 137 Å². The molecule has 2 heterocycles. The Balaban J connectivity index is 0.00000612. The predicted molar refractivity (Wildman–Crippen MR) is 140 cm³/mol. The van der Waals surface area contributed by atoms with Crippen molar-refractivity contribution in [3.8, 4) is 12.3 Å². The number of Topliss-reactive ketones (excluding diaryl/α,β-unsaturated/α-hetero) is 1. The van der Waals surface area contributed by atoms with Crippen LogP contribution in [0.2, 0.25) is 0 Å². The molecule has 35 heavy (non-hydrogen) atoms. The van der Waals surface area contributed by atoms with Gasteiger partial charge in [-0.1, -0.05) is 34.6 Å². The van der Waals surface area contributed by atoms with Crippen molar-refractivity contribution in [2.24, 2.45) is 17.3 Å². The van der Waals surface area contributed by atoms with Crippen molar-refractivity contribution in [2.75, 3.05) is 13.2 Å². The molecule has 2 aliphatic heterocycles. The van der Waals surface area contributed by atoms with Crippen LogP contribution in [0.25, 0.3) is 0 Å². The summed E-state index contributed by atoms with van der Waals surface area (Å²) >= 11 is 0. The molecule has 1 N–H and O–H groups in total. The number of hydrogen-bond acceptors (Lipinski definition) is 6. The van der Waals surface area contributed by atoms with Crippen molar-refractivity contribution < 1.29 is 28.8 Å². The van der Waals surface area contributed by atoms with E-state index in [4.69, 9.17) is 25.4 Å². The van der Waals surface area contributed by atoms with Gasteiger partial charge in [-0.25, -0.2) is 0 Å². The Hall–Kier alpha value is -0.970. The van der Waals surface area contributed by atoms with Crippen LogP contribution in [0, 0.1) is 29.6 Å². The second kappa shape index (κ2) is 14.7. The number of ether oxygens (including phenoxy) is 4. The zero-order chi connectivity index (χ0) is 25.4. The molecule has 0 saturated carbocycles. The SMILES string of the molecule is C.C#CCC[C@@H](C(=O)C(C)(C)[C@@H]1CCOC(C)(C)O1)C(OC1CCCCO1)[C@@H](C)CCCC(C)O. The Kier molecular flexibility index (Phi) is 13.5. The van der Waals surface area contributed by atoms with Gasteiger partial charge in [0.25, 0.3) is 0 Å². The molecule has 2 saturated heterocycles. The first-order chi connectivity index (χ1) is 16.0. The largest absolute Gasteiger partial charge is 0.393 e. The van der Waals surface area contributed by atoms with Crippen LogP contribution in [0.3, 0.4) is 0 Å². The Morgan fingerprint density at radius 1 is 1.17 bits per heavy atom. The van der Waals surface area contributed by atoms with Crippen molar-refractivity contribution in [3.63, 3.8) is 0 Å². The van der Waals surface area contributed by atoms with Gasteiger partial charge in [0.15, 0.2) is 12.1 Å². The van der Waals surface area contributed by atoms with E-state index >= 15 is 0 Å². The average Bonchev–Trinajstić information content (AvgIpc) is 2.78. The zero-order valence-electron chi connectivity index (χ0n) is 22.3. The summed E-state index contributed by atoms with van der Waals surface area (Å²) in [5, 5.41) is 9.72. The summed E-state index contributed by atoms with van der Waals surface area (Å²) in [6, 6.07) is 0. The molecule has 6 heteroatoms. The summed E-state index contributed by atoms with van der Waals surface area (Å²) < 4.78 is 24.4. The minimum Gasteiger partial charge on any atom is -0.393 e. The van der Waals surface area contributed by atoms with Gasteiger partial charge in [-0.2, -0.15) is 0 Å². The third-order valence-electron chi connectivity index (χ3n) is 7.32. The van der Waals surface area contributed by atoms with Gasteiger partial charge in [0.1, 0.15) is 5.78 Å². The highest BCUT2D eigenvalue weighted by Crippen LogP contribution is 2.40. The van der Waals surface area contributed by atoms with Crippen molar-refractivity contribution in [3.05, 3.63) is 0 Å². The first kappa shape index (κ1) is 32.1. The fraction of sp³-hybridized carbons (Fsp3) is 0.897. The van der Waals surface area contributed by atoms with E-state index in [9.17, 15) is 9.90 Å². The summed E-state index contributed by atoms with van der Waals surface area (Å²) in [5.74, 6) is 1.92. The number of aliphatic hydroxyl groups is 1. The van der Waals surface area contributed by atoms with Gasteiger partial charge in [-0.05, 0) is 71.6 Å². The maximum absolute atomic E-state index is 14.2. The van der Waals surface area contributed by atoms with Crippen LogP contribution in [0.4, 0.5) is 0 Å². The quantitative estimate of drug-likeness (QED) is 0.321. The number of aliphatic hydroxyl groups excluding tert-OH is 1. The van der Waals surface area contributed by atoms with E-state index < -0.39 is 11.2 Å².